The molecule has 0 radical (unpaired) electrons. The Morgan fingerprint density at radius 3 is 2.95 bits per heavy atom. The van der Waals surface area contributed by atoms with E-state index in [1.54, 1.807) is 0 Å². The van der Waals surface area contributed by atoms with E-state index in [4.69, 9.17) is 10.5 Å². The molecule has 1 saturated carbocycles. The van der Waals surface area contributed by atoms with Gasteiger partial charge in [0, 0.05) is 6.04 Å². The molecule has 1 aromatic rings. The van der Waals surface area contributed by atoms with Gasteiger partial charge in [0.25, 0.3) is 0 Å². The third kappa shape index (κ3) is 3.75. The Morgan fingerprint density at radius 2 is 2.26 bits per heavy atom. The lowest BCUT2D eigenvalue weighted by atomic mass is 9.84. The Bertz CT molecular complexity index is 405. The van der Waals surface area contributed by atoms with Crippen molar-refractivity contribution in [1.82, 2.24) is 4.37 Å². The summed E-state index contributed by atoms with van der Waals surface area (Å²) < 4.78 is 9.98. The van der Waals surface area contributed by atoms with Gasteiger partial charge in [0.2, 0.25) is 0 Å². The van der Waals surface area contributed by atoms with E-state index in [-0.39, 0.29) is 6.10 Å². The minimum Gasteiger partial charge on any atom is -0.484 e. The average molecular weight is 283 g/mol. The molecular weight excluding hydrogens is 258 g/mol. The smallest absolute Gasteiger partial charge is 0.197 e. The lowest BCUT2D eigenvalue weighted by Gasteiger charge is -2.29. The summed E-state index contributed by atoms with van der Waals surface area (Å²) in [5.74, 6) is 2.09. The van der Waals surface area contributed by atoms with Crippen LogP contribution in [0.1, 0.15) is 52.9 Å². The third-order valence-electron chi connectivity index (χ3n) is 3.72. The summed E-state index contributed by atoms with van der Waals surface area (Å²) in [5, 5.41) is 4.58. The molecule has 0 aliphatic heterocycles. The second-order valence-corrected chi connectivity index (χ2v) is 6.45. The first-order valence-corrected chi connectivity index (χ1v) is 8.05. The number of nitrogen functional groups attached to an aromatic ring is 1. The van der Waals surface area contributed by atoms with Crippen molar-refractivity contribution in [3.63, 3.8) is 0 Å². The highest BCUT2D eigenvalue weighted by Gasteiger charge is 2.23. The van der Waals surface area contributed by atoms with Crippen LogP contribution in [0.2, 0.25) is 0 Å². The van der Waals surface area contributed by atoms with E-state index in [0.717, 1.165) is 16.7 Å². The standard InChI is InChI=1S/C14H25N3OS/c1-4-10-6-5-7-11(8-10)16-14-12(18-9(2)3)13(15)17-19-14/h9-11,16H,4-8H2,1-3H3,(H2,15,17). The summed E-state index contributed by atoms with van der Waals surface area (Å²) in [6, 6.07) is 0.535. The monoisotopic (exact) mass is 283 g/mol. The molecule has 108 valence electrons. The lowest BCUT2D eigenvalue weighted by molar-refractivity contribution is 0.245. The minimum absolute atomic E-state index is 0.119. The molecule has 1 heterocycles. The zero-order valence-electron chi connectivity index (χ0n) is 12.1. The molecule has 1 fully saturated rings. The van der Waals surface area contributed by atoms with Crippen molar-refractivity contribution in [1.29, 1.82) is 0 Å². The summed E-state index contributed by atoms with van der Waals surface area (Å²) >= 11 is 1.41. The van der Waals surface area contributed by atoms with Gasteiger partial charge in [-0.05, 0) is 44.1 Å². The van der Waals surface area contributed by atoms with Crippen molar-refractivity contribution >= 4 is 22.4 Å². The van der Waals surface area contributed by atoms with Crippen LogP contribution < -0.4 is 15.8 Å². The van der Waals surface area contributed by atoms with Gasteiger partial charge in [0.1, 0.15) is 0 Å². The molecular formula is C14H25N3OS. The van der Waals surface area contributed by atoms with E-state index in [1.807, 2.05) is 13.8 Å². The number of anilines is 2. The minimum atomic E-state index is 0.119. The summed E-state index contributed by atoms with van der Waals surface area (Å²) in [6.07, 6.45) is 6.55. The van der Waals surface area contributed by atoms with Crippen molar-refractivity contribution in [3.8, 4) is 5.75 Å². The first-order valence-electron chi connectivity index (χ1n) is 7.28. The number of nitrogens with two attached hydrogens (primary N) is 1. The number of nitrogens with one attached hydrogen (secondary N) is 1. The van der Waals surface area contributed by atoms with E-state index >= 15 is 0 Å². The van der Waals surface area contributed by atoms with Gasteiger partial charge in [0.15, 0.2) is 16.6 Å². The second-order valence-electron chi connectivity index (χ2n) is 5.67. The molecule has 0 spiro atoms. The predicted molar refractivity (Wildman–Crippen MR) is 82.0 cm³/mol. The van der Waals surface area contributed by atoms with E-state index in [1.165, 1.54) is 43.6 Å². The Balaban J connectivity index is 2.02. The lowest BCUT2D eigenvalue weighted by Crippen LogP contribution is -2.27. The quantitative estimate of drug-likeness (QED) is 0.860. The fourth-order valence-electron chi connectivity index (χ4n) is 2.71. The van der Waals surface area contributed by atoms with Gasteiger partial charge in [-0.3, -0.25) is 0 Å². The molecule has 1 aliphatic rings. The molecule has 5 heteroatoms. The van der Waals surface area contributed by atoms with Crippen molar-refractivity contribution in [3.05, 3.63) is 0 Å². The Morgan fingerprint density at radius 1 is 1.47 bits per heavy atom. The molecule has 0 saturated heterocycles. The van der Waals surface area contributed by atoms with Crippen LogP contribution >= 0.6 is 11.5 Å². The largest absolute Gasteiger partial charge is 0.484 e. The first-order chi connectivity index (χ1) is 9.10. The Labute approximate surface area is 119 Å². The highest BCUT2D eigenvalue weighted by Crippen LogP contribution is 2.38. The number of hydrogen-bond donors (Lipinski definition) is 2. The molecule has 4 nitrogen and oxygen atoms in total. The van der Waals surface area contributed by atoms with E-state index in [9.17, 15) is 0 Å². The second kappa shape index (κ2) is 6.46. The van der Waals surface area contributed by atoms with Crippen LogP contribution in [0.25, 0.3) is 0 Å². The topological polar surface area (TPSA) is 60.2 Å². The number of aromatic nitrogens is 1. The maximum absolute atomic E-state index is 5.88. The molecule has 2 atom stereocenters. The van der Waals surface area contributed by atoms with Crippen LogP contribution in [-0.2, 0) is 0 Å². The van der Waals surface area contributed by atoms with Crippen LogP contribution in [0, 0.1) is 5.92 Å². The summed E-state index contributed by atoms with van der Waals surface area (Å²) in [5.41, 5.74) is 5.88. The summed E-state index contributed by atoms with van der Waals surface area (Å²) in [7, 11) is 0. The van der Waals surface area contributed by atoms with Gasteiger partial charge in [-0.15, -0.1) is 0 Å². The predicted octanol–water partition coefficient (Wildman–Crippen LogP) is 3.89. The molecule has 0 bridgehead atoms. The van der Waals surface area contributed by atoms with Crippen LogP contribution in [-0.4, -0.2) is 16.5 Å². The number of hydrogen-bond acceptors (Lipinski definition) is 5. The molecule has 2 unspecified atom stereocenters. The van der Waals surface area contributed by atoms with Gasteiger partial charge >= 0.3 is 0 Å². The van der Waals surface area contributed by atoms with Gasteiger partial charge < -0.3 is 15.8 Å². The van der Waals surface area contributed by atoms with Crippen molar-refractivity contribution in [2.45, 2.75) is 65.0 Å². The highest BCUT2D eigenvalue weighted by atomic mass is 32.1. The highest BCUT2D eigenvalue weighted by molar-refractivity contribution is 7.11. The maximum Gasteiger partial charge on any atom is 0.197 e. The van der Waals surface area contributed by atoms with Crippen LogP contribution in [0.5, 0.6) is 5.75 Å². The molecule has 3 N–H and O–H groups in total. The third-order valence-corrected chi connectivity index (χ3v) is 4.50. The average Bonchev–Trinajstić information content (AvgIpc) is 2.71. The number of ether oxygens (including phenoxy) is 1. The van der Waals surface area contributed by atoms with Crippen molar-refractivity contribution < 1.29 is 4.74 Å². The van der Waals surface area contributed by atoms with Crippen LogP contribution in [0.4, 0.5) is 10.8 Å². The molecule has 1 aliphatic carbocycles. The Kier molecular flexibility index (Phi) is 4.91. The Hall–Kier alpha value is -0.970. The van der Waals surface area contributed by atoms with Gasteiger partial charge in [0.05, 0.1) is 6.10 Å². The van der Waals surface area contributed by atoms with Crippen molar-refractivity contribution in [2.24, 2.45) is 5.92 Å². The number of nitrogens with zero attached hydrogens (tertiary/aromatic N) is 1. The zero-order valence-corrected chi connectivity index (χ0v) is 12.9. The van der Waals surface area contributed by atoms with Gasteiger partial charge in [-0.25, -0.2) is 0 Å². The molecule has 1 aromatic heterocycles. The van der Waals surface area contributed by atoms with E-state index in [2.05, 4.69) is 16.6 Å². The van der Waals surface area contributed by atoms with Crippen LogP contribution in [0.15, 0.2) is 0 Å². The summed E-state index contributed by atoms with van der Waals surface area (Å²) in [6.45, 7) is 6.30. The van der Waals surface area contributed by atoms with Gasteiger partial charge in [-0.1, -0.05) is 26.2 Å². The molecule has 0 aromatic carbocycles. The zero-order chi connectivity index (χ0) is 13.8. The summed E-state index contributed by atoms with van der Waals surface area (Å²) in [4.78, 5) is 0. The van der Waals surface area contributed by atoms with Gasteiger partial charge in [-0.2, -0.15) is 4.37 Å². The molecule has 2 rings (SSSR count). The maximum atomic E-state index is 5.88. The fourth-order valence-corrected chi connectivity index (χ4v) is 3.44. The molecule has 19 heavy (non-hydrogen) atoms. The van der Waals surface area contributed by atoms with Crippen LogP contribution in [0.3, 0.4) is 0 Å². The normalized spacial score (nSPS) is 23.6. The van der Waals surface area contributed by atoms with E-state index in [0.29, 0.717) is 11.9 Å². The van der Waals surface area contributed by atoms with E-state index < -0.39 is 0 Å². The molecule has 0 amide bonds. The SMILES string of the molecule is CCC1CCCC(Nc2snc(N)c2OC(C)C)C1. The fraction of sp³-hybridized carbons (Fsp3) is 0.786. The first kappa shape index (κ1) is 14.4. The number of rotatable bonds is 5. The van der Waals surface area contributed by atoms with Crippen molar-refractivity contribution in [2.75, 3.05) is 11.1 Å².